The Bertz CT molecular complexity index is 205. The number of rotatable bonds is 1. The Morgan fingerprint density at radius 3 is 2.90 bits per heavy atom. The van der Waals surface area contributed by atoms with Crippen molar-refractivity contribution in [2.75, 3.05) is 6.54 Å². The molecule has 4 heteroatoms. The fraction of sp³-hybridized carbons (Fsp3) is 0.500. The molecule has 0 aromatic rings. The molecule has 0 aromatic heterocycles. The quantitative estimate of drug-likeness (QED) is 0.469. The summed E-state index contributed by atoms with van der Waals surface area (Å²) < 4.78 is 0. The van der Waals surface area contributed by atoms with E-state index in [-0.39, 0.29) is 0 Å². The summed E-state index contributed by atoms with van der Waals surface area (Å²) in [4.78, 5) is 20.4. The molecule has 1 atom stereocenters. The van der Waals surface area contributed by atoms with Crippen molar-refractivity contribution in [3.05, 3.63) is 5.57 Å². The first kappa shape index (κ1) is 6.99. The van der Waals surface area contributed by atoms with Gasteiger partial charge in [0, 0.05) is 12.1 Å². The molecule has 2 N–H and O–H groups in total. The first-order valence-corrected chi connectivity index (χ1v) is 2.95. The topological polar surface area (TPSA) is 66.4 Å². The third-order valence-electron chi connectivity index (χ3n) is 1.47. The highest BCUT2D eigenvalue weighted by atomic mass is 16.4. The van der Waals surface area contributed by atoms with E-state index in [1.54, 1.807) is 5.94 Å². The average Bonchev–Trinajstić information content (AvgIpc) is 2.33. The number of hydrogen-bond donors (Lipinski definition) is 2. The molecule has 0 radical (unpaired) electrons. The van der Waals surface area contributed by atoms with Gasteiger partial charge >= 0.3 is 5.97 Å². The van der Waals surface area contributed by atoms with Gasteiger partial charge in [0.1, 0.15) is 12.0 Å². The number of carbonyl (C=O) groups is 1. The Balaban J connectivity index is 2.78. The van der Waals surface area contributed by atoms with E-state index in [1.165, 1.54) is 0 Å². The van der Waals surface area contributed by atoms with Crippen molar-refractivity contribution in [1.82, 2.24) is 5.32 Å². The summed E-state index contributed by atoms with van der Waals surface area (Å²) >= 11 is 0. The lowest BCUT2D eigenvalue weighted by molar-refractivity contribution is -0.138. The van der Waals surface area contributed by atoms with Crippen LogP contribution >= 0.6 is 0 Å². The van der Waals surface area contributed by atoms with Gasteiger partial charge in [0.15, 0.2) is 0 Å². The molecule has 1 heterocycles. The van der Waals surface area contributed by atoms with Gasteiger partial charge in [0.25, 0.3) is 0 Å². The molecule has 10 heavy (non-hydrogen) atoms. The Hall–Kier alpha value is -1.12. The van der Waals surface area contributed by atoms with Gasteiger partial charge < -0.3 is 10.4 Å². The van der Waals surface area contributed by atoms with Crippen LogP contribution in [-0.4, -0.2) is 29.6 Å². The third-order valence-corrected chi connectivity index (χ3v) is 1.47. The molecule has 54 valence electrons. The van der Waals surface area contributed by atoms with Crippen LogP contribution in [0.2, 0.25) is 0 Å². The lowest BCUT2D eigenvalue weighted by Crippen LogP contribution is -2.31. The minimum absolute atomic E-state index is 0.313. The third kappa shape index (κ3) is 1.07. The molecule has 4 nitrogen and oxygen atoms in total. The highest BCUT2D eigenvalue weighted by molar-refractivity contribution is 5.82. The van der Waals surface area contributed by atoms with Gasteiger partial charge in [-0.05, 0) is 6.42 Å². The fourth-order valence-corrected chi connectivity index (χ4v) is 0.965. The van der Waals surface area contributed by atoms with Gasteiger partial charge in [-0.15, -0.1) is 0 Å². The number of aliphatic carboxylic acids is 1. The smallest absolute Gasteiger partial charge is 0.325 e. The van der Waals surface area contributed by atoms with Crippen molar-refractivity contribution in [3.8, 4) is 0 Å². The minimum atomic E-state index is -1.00. The zero-order valence-electron chi connectivity index (χ0n) is 5.26. The van der Waals surface area contributed by atoms with E-state index in [4.69, 9.17) is 5.11 Å². The van der Waals surface area contributed by atoms with E-state index in [2.05, 4.69) is 5.32 Å². The van der Waals surface area contributed by atoms with Crippen LogP contribution in [0.3, 0.4) is 0 Å². The van der Waals surface area contributed by atoms with E-state index in [9.17, 15) is 9.59 Å². The molecule has 0 unspecified atom stereocenters. The van der Waals surface area contributed by atoms with Crippen LogP contribution in [-0.2, 0) is 9.59 Å². The normalized spacial score (nSPS) is 24.4. The maximum Gasteiger partial charge on any atom is 0.325 e. The molecule has 0 aromatic carbocycles. The van der Waals surface area contributed by atoms with E-state index < -0.39 is 12.0 Å². The van der Waals surface area contributed by atoms with E-state index >= 15 is 0 Å². The van der Waals surface area contributed by atoms with Gasteiger partial charge in [-0.2, -0.15) is 0 Å². The molecule has 1 aliphatic rings. The molecular formula is C6H7NO3. The van der Waals surface area contributed by atoms with Crippen molar-refractivity contribution >= 4 is 11.9 Å². The number of carbonyl (C=O) groups excluding carboxylic acids is 1. The number of nitrogens with one attached hydrogen (secondary N) is 1. The summed E-state index contributed by atoms with van der Waals surface area (Å²) in [7, 11) is 0. The highest BCUT2D eigenvalue weighted by Crippen LogP contribution is 2.10. The predicted molar refractivity (Wildman–Crippen MR) is 33.2 cm³/mol. The molecule has 1 fully saturated rings. The Kier molecular flexibility index (Phi) is 1.85. The van der Waals surface area contributed by atoms with E-state index in [0.29, 0.717) is 18.5 Å². The molecular weight excluding hydrogens is 134 g/mol. The second-order valence-electron chi connectivity index (χ2n) is 2.10. The molecule has 0 bridgehead atoms. The minimum Gasteiger partial charge on any atom is -0.480 e. The maximum absolute atomic E-state index is 10.3. The fourth-order valence-electron chi connectivity index (χ4n) is 0.965. The van der Waals surface area contributed by atoms with Crippen LogP contribution in [0.15, 0.2) is 5.57 Å². The van der Waals surface area contributed by atoms with Crippen LogP contribution in [0.1, 0.15) is 6.42 Å². The molecule has 1 rings (SSSR count). The van der Waals surface area contributed by atoms with Crippen LogP contribution in [0.4, 0.5) is 0 Å². The summed E-state index contributed by atoms with van der Waals surface area (Å²) in [6, 6.07) is -0.794. The average molecular weight is 141 g/mol. The van der Waals surface area contributed by atoms with Gasteiger partial charge in [0.2, 0.25) is 0 Å². The maximum atomic E-state index is 10.3. The largest absolute Gasteiger partial charge is 0.480 e. The second kappa shape index (κ2) is 2.64. The molecule has 0 aliphatic carbocycles. The zero-order chi connectivity index (χ0) is 7.56. The van der Waals surface area contributed by atoms with Gasteiger partial charge in [0.05, 0.1) is 0 Å². The molecule has 0 spiro atoms. The van der Waals surface area contributed by atoms with E-state index in [1.807, 2.05) is 0 Å². The number of carboxylic acid groups (broad SMARTS) is 1. The number of carboxylic acids is 1. The van der Waals surface area contributed by atoms with Crippen molar-refractivity contribution in [1.29, 1.82) is 0 Å². The Labute approximate surface area is 57.5 Å². The second-order valence-corrected chi connectivity index (χ2v) is 2.10. The van der Waals surface area contributed by atoms with Crippen molar-refractivity contribution in [2.24, 2.45) is 0 Å². The molecule has 1 aliphatic heterocycles. The monoisotopic (exact) mass is 141 g/mol. The highest BCUT2D eigenvalue weighted by Gasteiger charge is 2.27. The SMILES string of the molecule is O=C=C1CCN[C@H]1C(=O)O. The molecule has 0 amide bonds. The summed E-state index contributed by atoms with van der Waals surface area (Å²) in [5.41, 5.74) is 0.313. The van der Waals surface area contributed by atoms with Crippen LogP contribution in [0.25, 0.3) is 0 Å². The van der Waals surface area contributed by atoms with Crippen LogP contribution in [0, 0.1) is 0 Å². The molecule has 0 saturated carbocycles. The zero-order valence-corrected chi connectivity index (χ0v) is 5.26. The van der Waals surface area contributed by atoms with Crippen molar-refractivity contribution < 1.29 is 14.7 Å². The van der Waals surface area contributed by atoms with E-state index in [0.717, 1.165) is 0 Å². The van der Waals surface area contributed by atoms with Gasteiger partial charge in [-0.25, -0.2) is 4.79 Å². The van der Waals surface area contributed by atoms with Gasteiger partial charge in [-0.3, -0.25) is 4.79 Å². The van der Waals surface area contributed by atoms with Crippen LogP contribution in [0.5, 0.6) is 0 Å². The lowest BCUT2D eigenvalue weighted by Gasteiger charge is -2.00. The van der Waals surface area contributed by atoms with Crippen LogP contribution < -0.4 is 5.32 Å². The molecule has 1 saturated heterocycles. The summed E-state index contributed by atoms with van der Waals surface area (Å²) in [6.07, 6.45) is 0.500. The van der Waals surface area contributed by atoms with Gasteiger partial charge in [-0.1, -0.05) is 0 Å². The summed E-state index contributed by atoms with van der Waals surface area (Å²) in [6.45, 7) is 0.557. The Morgan fingerprint density at radius 1 is 1.80 bits per heavy atom. The first-order valence-electron chi connectivity index (χ1n) is 2.95. The summed E-state index contributed by atoms with van der Waals surface area (Å²) in [5, 5.41) is 11.1. The number of hydrogen-bond acceptors (Lipinski definition) is 3. The summed E-state index contributed by atoms with van der Waals surface area (Å²) in [5.74, 6) is 0.615. The Morgan fingerprint density at radius 2 is 2.50 bits per heavy atom. The van der Waals surface area contributed by atoms with Crippen molar-refractivity contribution in [3.63, 3.8) is 0 Å². The van der Waals surface area contributed by atoms with Crippen molar-refractivity contribution in [2.45, 2.75) is 12.5 Å². The predicted octanol–water partition coefficient (Wildman–Crippen LogP) is -0.809. The first-order chi connectivity index (χ1) is 4.75. The standard InChI is InChI=1S/C6H7NO3/c8-3-4-1-2-7-5(4)6(9)10/h5,7H,1-2H2,(H,9,10)/t5-/m1/s1. The lowest BCUT2D eigenvalue weighted by atomic mass is 10.1.